The highest BCUT2D eigenvalue weighted by Gasteiger charge is 2.20. The molecule has 0 aliphatic rings. The van der Waals surface area contributed by atoms with Crippen LogP contribution in [0.2, 0.25) is 0 Å². The highest BCUT2D eigenvalue weighted by Crippen LogP contribution is 2.28. The zero-order valence-corrected chi connectivity index (χ0v) is 11.5. The van der Waals surface area contributed by atoms with Gasteiger partial charge in [0.05, 0.1) is 5.60 Å². The molecule has 0 amide bonds. The maximum Gasteiger partial charge on any atom is 0.148 e. The number of hydrogen-bond donors (Lipinski definition) is 4. The van der Waals surface area contributed by atoms with Crippen molar-refractivity contribution < 1.29 is 5.11 Å². The maximum absolute atomic E-state index is 9.99. The van der Waals surface area contributed by atoms with Gasteiger partial charge >= 0.3 is 0 Å². The monoisotopic (exact) mass is 253 g/mol. The van der Waals surface area contributed by atoms with Crippen LogP contribution in [0.3, 0.4) is 0 Å². The first-order valence-electron chi connectivity index (χ1n) is 6.19. The SMILES string of the molecule is CCC(C)(O)CNc1ncnc(NN)c1C(C)C. The molecular weight excluding hydrogens is 230 g/mol. The van der Waals surface area contributed by atoms with Gasteiger partial charge in [0, 0.05) is 12.1 Å². The second-order valence-electron chi connectivity index (χ2n) is 4.99. The van der Waals surface area contributed by atoms with Crippen LogP contribution in [0.1, 0.15) is 45.6 Å². The number of aliphatic hydroxyl groups is 1. The first-order chi connectivity index (χ1) is 8.41. The van der Waals surface area contributed by atoms with Crippen LogP contribution in [0.15, 0.2) is 6.33 Å². The van der Waals surface area contributed by atoms with E-state index in [1.165, 1.54) is 6.33 Å². The smallest absolute Gasteiger partial charge is 0.148 e. The summed E-state index contributed by atoms with van der Waals surface area (Å²) in [6.45, 7) is 8.26. The summed E-state index contributed by atoms with van der Waals surface area (Å²) in [4.78, 5) is 8.31. The summed E-state index contributed by atoms with van der Waals surface area (Å²) in [6.07, 6.45) is 2.12. The van der Waals surface area contributed by atoms with Gasteiger partial charge in [-0.05, 0) is 19.3 Å². The van der Waals surface area contributed by atoms with Gasteiger partial charge in [0.15, 0.2) is 0 Å². The third-order valence-corrected chi connectivity index (χ3v) is 3.00. The molecule has 0 bridgehead atoms. The zero-order valence-electron chi connectivity index (χ0n) is 11.5. The number of hydrazine groups is 1. The van der Waals surface area contributed by atoms with Crippen LogP contribution in [0.25, 0.3) is 0 Å². The normalized spacial score (nSPS) is 14.4. The van der Waals surface area contributed by atoms with Crippen molar-refractivity contribution in [2.75, 3.05) is 17.3 Å². The second-order valence-corrected chi connectivity index (χ2v) is 4.99. The van der Waals surface area contributed by atoms with Crippen molar-refractivity contribution in [3.63, 3.8) is 0 Å². The Morgan fingerprint density at radius 1 is 1.39 bits per heavy atom. The quantitative estimate of drug-likeness (QED) is 0.453. The van der Waals surface area contributed by atoms with Gasteiger partial charge in [0.25, 0.3) is 0 Å². The molecule has 0 radical (unpaired) electrons. The van der Waals surface area contributed by atoms with E-state index in [1.807, 2.05) is 20.8 Å². The summed E-state index contributed by atoms with van der Waals surface area (Å²) in [5.41, 5.74) is 2.74. The van der Waals surface area contributed by atoms with Crippen LogP contribution in [-0.2, 0) is 0 Å². The number of aromatic nitrogens is 2. The van der Waals surface area contributed by atoms with Crippen molar-refractivity contribution in [1.82, 2.24) is 9.97 Å². The molecule has 0 aliphatic carbocycles. The van der Waals surface area contributed by atoms with Gasteiger partial charge in [-0.1, -0.05) is 20.8 Å². The number of anilines is 2. The first-order valence-corrected chi connectivity index (χ1v) is 6.19. The molecule has 1 rings (SSSR count). The van der Waals surface area contributed by atoms with Crippen LogP contribution < -0.4 is 16.6 Å². The van der Waals surface area contributed by atoms with Crippen LogP contribution in [0.4, 0.5) is 11.6 Å². The molecule has 1 unspecified atom stereocenters. The molecule has 5 N–H and O–H groups in total. The molecule has 0 aromatic carbocycles. The molecule has 18 heavy (non-hydrogen) atoms. The molecule has 0 spiro atoms. The van der Waals surface area contributed by atoms with E-state index in [-0.39, 0.29) is 5.92 Å². The van der Waals surface area contributed by atoms with Gasteiger partial charge in [-0.3, -0.25) is 0 Å². The average Bonchev–Trinajstić information content (AvgIpc) is 2.35. The highest BCUT2D eigenvalue weighted by atomic mass is 16.3. The Labute approximate surface area is 108 Å². The van der Waals surface area contributed by atoms with Crippen LogP contribution in [-0.4, -0.2) is 27.2 Å². The van der Waals surface area contributed by atoms with Gasteiger partial charge in [0.1, 0.15) is 18.0 Å². The largest absolute Gasteiger partial charge is 0.388 e. The zero-order chi connectivity index (χ0) is 13.8. The molecule has 0 aliphatic heterocycles. The van der Waals surface area contributed by atoms with Gasteiger partial charge < -0.3 is 15.8 Å². The minimum Gasteiger partial charge on any atom is -0.388 e. The number of nitrogens with two attached hydrogens (primary N) is 1. The lowest BCUT2D eigenvalue weighted by Gasteiger charge is -2.23. The Hall–Kier alpha value is -1.40. The van der Waals surface area contributed by atoms with E-state index in [1.54, 1.807) is 6.92 Å². The highest BCUT2D eigenvalue weighted by molar-refractivity contribution is 5.58. The molecule has 0 saturated heterocycles. The van der Waals surface area contributed by atoms with Gasteiger partial charge in [-0.25, -0.2) is 15.8 Å². The Morgan fingerprint density at radius 2 is 2.00 bits per heavy atom. The molecule has 6 nitrogen and oxygen atoms in total. The van der Waals surface area contributed by atoms with Crippen molar-refractivity contribution in [2.24, 2.45) is 5.84 Å². The van der Waals surface area contributed by atoms with E-state index in [2.05, 4.69) is 20.7 Å². The predicted molar refractivity (Wildman–Crippen MR) is 73.3 cm³/mol. The molecule has 1 aromatic heterocycles. The lowest BCUT2D eigenvalue weighted by atomic mass is 10.0. The summed E-state index contributed by atoms with van der Waals surface area (Å²) in [7, 11) is 0. The van der Waals surface area contributed by atoms with Gasteiger partial charge in [0.2, 0.25) is 0 Å². The fourth-order valence-electron chi connectivity index (χ4n) is 1.60. The minimum atomic E-state index is -0.754. The summed E-state index contributed by atoms with van der Waals surface area (Å²) >= 11 is 0. The number of hydrogen-bond acceptors (Lipinski definition) is 6. The molecule has 1 atom stereocenters. The molecule has 1 heterocycles. The van der Waals surface area contributed by atoms with Crippen molar-refractivity contribution >= 4 is 11.6 Å². The molecule has 6 heteroatoms. The summed E-state index contributed by atoms with van der Waals surface area (Å²) in [5.74, 6) is 7.00. The van der Waals surface area contributed by atoms with Crippen molar-refractivity contribution in [3.8, 4) is 0 Å². The van der Waals surface area contributed by atoms with Gasteiger partial charge in [-0.15, -0.1) is 0 Å². The third-order valence-electron chi connectivity index (χ3n) is 3.00. The van der Waals surface area contributed by atoms with E-state index >= 15 is 0 Å². The maximum atomic E-state index is 9.99. The third kappa shape index (κ3) is 3.54. The fourth-order valence-corrected chi connectivity index (χ4v) is 1.60. The molecular formula is C12H23N5O. The number of rotatable bonds is 6. The number of nitrogens with zero attached hydrogens (tertiary/aromatic N) is 2. The average molecular weight is 253 g/mol. The fraction of sp³-hybridized carbons (Fsp3) is 0.667. The summed E-state index contributed by atoms with van der Waals surface area (Å²) in [6, 6.07) is 0. The summed E-state index contributed by atoms with van der Waals surface area (Å²) in [5, 5.41) is 13.2. The first kappa shape index (κ1) is 14.7. The van der Waals surface area contributed by atoms with Gasteiger partial charge in [-0.2, -0.15) is 0 Å². The van der Waals surface area contributed by atoms with E-state index in [9.17, 15) is 5.11 Å². The van der Waals surface area contributed by atoms with Crippen LogP contribution >= 0.6 is 0 Å². The van der Waals surface area contributed by atoms with Crippen molar-refractivity contribution in [2.45, 2.75) is 45.6 Å². The second kappa shape index (κ2) is 5.97. The van der Waals surface area contributed by atoms with E-state index in [0.717, 1.165) is 5.56 Å². The van der Waals surface area contributed by atoms with Crippen molar-refractivity contribution in [3.05, 3.63) is 11.9 Å². The topological polar surface area (TPSA) is 96.1 Å². The lowest BCUT2D eigenvalue weighted by molar-refractivity contribution is 0.0696. The summed E-state index contributed by atoms with van der Waals surface area (Å²) < 4.78 is 0. The lowest BCUT2D eigenvalue weighted by Crippen LogP contribution is -2.33. The van der Waals surface area contributed by atoms with Crippen LogP contribution in [0.5, 0.6) is 0 Å². The molecule has 0 fully saturated rings. The molecule has 102 valence electrons. The number of nitrogens with one attached hydrogen (secondary N) is 2. The Bertz CT molecular complexity index is 392. The van der Waals surface area contributed by atoms with E-state index in [0.29, 0.717) is 24.6 Å². The Balaban J connectivity index is 2.95. The standard InChI is InChI=1S/C12H23N5O/c1-5-12(4,18)6-14-10-9(8(2)3)11(17-13)16-7-15-10/h7-8,18H,5-6,13H2,1-4H3,(H2,14,15,16,17). The minimum absolute atomic E-state index is 0.228. The number of nitrogen functional groups attached to an aromatic ring is 1. The van der Waals surface area contributed by atoms with Crippen LogP contribution in [0, 0.1) is 0 Å². The predicted octanol–water partition coefficient (Wildman–Crippen LogP) is 1.46. The molecule has 0 saturated carbocycles. The van der Waals surface area contributed by atoms with E-state index in [4.69, 9.17) is 5.84 Å². The molecule has 1 aromatic rings. The van der Waals surface area contributed by atoms with Crippen molar-refractivity contribution in [1.29, 1.82) is 0 Å². The Morgan fingerprint density at radius 3 is 2.50 bits per heavy atom. The van der Waals surface area contributed by atoms with E-state index < -0.39 is 5.60 Å². The Kier molecular flexibility index (Phi) is 4.86.